The lowest BCUT2D eigenvalue weighted by molar-refractivity contribution is 0.354. The van der Waals surface area contributed by atoms with Crippen LogP contribution in [0.4, 0.5) is 5.95 Å². The highest BCUT2D eigenvalue weighted by Crippen LogP contribution is 2.35. The molecule has 1 heterocycles. The first-order valence-corrected chi connectivity index (χ1v) is 8.85. The van der Waals surface area contributed by atoms with Gasteiger partial charge in [-0.1, -0.05) is 28.1 Å². The summed E-state index contributed by atoms with van der Waals surface area (Å²) in [5, 5.41) is 0.502. The van der Waals surface area contributed by atoms with Gasteiger partial charge in [-0.2, -0.15) is 0 Å². The van der Waals surface area contributed by atoms with Crippen molar-refractivity contribution in [1.29, 1.82) is 0 Å². The molecule has 0 aliphatic rings. The predicted molar refractivity (Wildman–Crippen MR) is 106 cm³/mol. The standard InChI is InChI=1S/C19H20BrN3O3/c1-11-16-14(9-15(25-3)17(11)26-4)21-19(22-18(16)24)23(2)10-12-6-5-7-13(20)8-12/h5-9H,10H2,1-4H3,(H,21,22,24). The number of hydrogen-bond acceptors (Lipinski definition) is 5. The number of anilines is 1. The van der Waals surface area contributed by atoms with Crippen LogP contribution >= 0.6 is 15.9 Å². The number of hydrogen-bond donors (Lipinski definition) is 1. The van der Waals surface area contributed by atoms with Crippen molar-refractivity contribution in [3.05, 3.63) is 56.3 Å². The van der Waals surface area contributed by atoms with Gasteiger partial charge in [0.1, 0.15) is 0 Å². The van der Waals surface area contributed by atoms with Crippen molar-refractivity contribution in [3.8, 4) is 11.5 Å². The molecule has 3 aromatic rings. The van der Waals surface area contributed by atoms with Gasteiger partial charge in [-0.3, -0.25) is 9.78 Å². The van der Waals surface area contributed by atoms with Gasteiger partial charge in [0.25, 0.3) is 5.56 Å². The van der Waals surface area contributed by atoms with E-state index in [0.29, 0.717) is 40.5 Å². The highest BCUT2D eigenvalue weighted by Gasteiger charge is 2.17. The second-order valence-electron chi connectivity index (χ2n) is 6.01. The molecule has 1 N–H and O–H groups in total. The molecule has 0 unspecified atom stereocenters. The Labute approximate surface area is 159 Å². The van der Waals surface area contributed by atoms with Gasteiger partial charge in [0.15, 0.2) is 11.5 Å². The average Bonchev–Trinajstić information content (AvgIpc) is 2.60. The minimum Gasteiger partial charge on any atom is -0.493 e. The molecule has 0 radical (unpaired) electrons. The van der Waals surface area contributed by atoms with E-state index in [4.69, 9.17) is 9.47 Å². The fourth-order valence-corrected chi connectivity index (χ4v) is 3.45. The summed E-state index contributed by atoms with van der Waals surface area (Å²) in [6, 6.07) is 9.74. The third-order valence-electron chi connectivity index (χ3n) is 4.24. The first-order chi connectivity index (χ1) is 12.4. The van der Waals surface area contributed by atoms with Gasteiger partial charge >= 0.3 is 0 Å². The summed E-state index contributed by atoms with van der Waals surface area (Å²) in [6.45, 7) is 2.44. The average molecular weight is 418 g/mol. The molecule has 0 aliphatic heterocycles. The number of methoxy groups -OCH3 is 2. The Kier molecular flexibility index (Phi) is 5.18. The van der Waals surface area contributed by atoms with E-state index >= 15 is 0 Å². The zero-order valence-electron chi connectivity index (χ0n) is 15.1. The summed E-state index contributed by atoms with van der Waals surface area (Å²) in [5.74, 6) is 1.59. The van der Waals surface area contributed by atoms with Crippen LogP contribution in [0.2, 0.25) is 0 Å². The van der Waals surface area contributed by atoms with Gasteiger partial charge < -0.3 is 14.4 Å². The first kappa shape index (κ1) is 18.3. The third-order valence-corrected chi connectivity index (χ3v) is 4.73. The zero-order valence-corrected chi connectivity index (χ0v) is 16.7. The number of nitrogens with zero attached hydrogens (tertiary/aromatic N) is 2. The van der Waals surface area contributed by atoms with E-state index in [0.717, 1.165) is 10.0 Å². The highest BCUT2D eigenvalue weighted by atomic mass is 79.9. The van der Waals surface area contributed by atoms with E-state index < -0.39 is 0 Å². The Morgan fingerprint density at radius 3 is 2.65 bits per heavy atom. The minimum absolute atomic E-state index is 0.204. The molecule has 0 aliphatic carbocycles. The van der Waals surface area contributed by atoms with Gasteiger partial charge in [0.05, 0.1) is 25.1 Å². The van der Waals surface area contributed by atoms with Crippen LogP contribution in [-0.4, -0.2) is 31.2 Å². The number of aryl methyl sites for hydroxylation is 1. The molecule has 0 bridgehead atoms. The topological polar surface area (TPSA) is 67.5 Å². The van der Waals surface area contributed by atoms with Gasteiger partial charge in [-0.15, -0.1) is 0 Å². The number of H-pyrrole nitrogens is 1. The normalized spacial score (nSPS) is 10.8. The zero-order chi connectivity index (χ0) is 18.8. The lowest BCUT2D eigenvalue weighted by Gasteiger charge is -2.19. The third kappa shape index (κ3) is 3.39. The Morgan fingerprint density at radius 2 is 2.00 bits per heavy atom. The molecule has 2 aromatic carbocycles. The van der Waals surface area contributed by atoms with Crippen LogP contribution in [0, 0.1) is 6.92 Å². The van der Waals surface area contributed by atoms with Crippen molar-refractivity contribution in [2.24, 2.45) is 0 Å². The molecule has 3 rings (SSSR count). The molecule has 0 fully saturated rings. The molecule has 26 heavy (non-hydrogen) atoms. The van der Waals surface area contributed by atoms with Crippen LogP contribution in [0.15, 0.2) is 39.6 Å². The van der Waals surface area contributed by atoms with Crippen LogP contribution in [0.25, 0.3) is 10.9 Å². The van der Waals surface area contributed by atoms with E-state index in [1.54, 1.807) is 20.3 Å². The fourth-order valence-electron chi connectivity index (χ4n) is 3.00. The summed E-state index contributed by atoms with van der Waals surface area (Å²) >= 11 is 3.47. The van der Waals surface area contributed by atoms with E-state index in [-0.39, 0.29) is 5.56 Å². The van der Waals surface area contributed by atoms with Crippen molar-refractivity contribution >= 4 is 32.8 Å². The molecule has 0 amide bonds. The van der Waals surface area contributed by atoms with Crippen LogP contribution in [0.1, 0.15) is 11.1 Å². The van der Waals surface area contributed by atoms with Gasteiger partial charge in [0.2, 0.25) is 5.95 Å². The Morgan fingerprint density at radius 1 is 1.23 bits per heavy atom. The molecule has 0 saturated heterocycles. The van der Waals surface area contributed by atoms with Crippen molar-refractivity contribution in [2.75, 3.05) is 26.2 Å². The summed E-state index contributed by atoms with van der Waals surface area (Å²) < 4.78 is 11.8. The number of nitrogens with one attached hydrogen (secondary N) is 1. The van der Waals surface area contributed by atoms with E-state index in [9.17, 15) is 4.79 Å². The van der Waals surface area contributed by atoms with Crippen LogP contribution < -0.4 is 19.9 Å². The maximum atomic E-state index is 12.7. The summed E-state index contributed by atoms with van der Waals surface area (Å²) in [5.41, 5.74) is 2.18. The Bertz CT molecular complexity index is 1020. The van der Waals surface area contributed by atoms with E-state index in [2.05, 4.69) is 25.9 Å². The van der Waals surface area contributed by atoms with Gasteiger partial charge in [-0.05, 0) is 24.6 Å². The number of aromatic amines is 1. The minimum atomic E-state index is -0.204. The number of rotatable bonds is 5. The number of halogens is 1. The molecular weight excluding hydrogens is 398 g/mol. The second-order valence-corrected chi connectivity index (χ2v) is 6.92. The van der Waals surface area contributed by atoms with E-state index in [1.807, 2.05) is 43.1 Å². The number of ether oxygens (including phenoxy) is 2. The lowest BCUT2D eigenvalue weighted by Crippen LogP contribution is -2.23. The van der Waals surface area contributed by atoms with Crippen molar-refractivity contribution in [3.63, 3.8) is 0 Å². The molecule has 7 heteroatoms. The first-order valence-electron chi connectivity index (χ1n) is 8.05. The smallest absolute Gasteiger partial charge is 0.260 e. The van der Waals surface area contributed by atoms with Crippen LogP contribution in [0.5, 0.6) is 11.5 Å². The molecule has 0 spiro atoms. The number of fused-ring (bicyclic) bond motifs is 1. The number of aromatic nitrogens is 2. The lowest BCUT2D eigenvalue weighted by atomic mass is 10.1. The second kappa shape index (κ2) is 7.37. The summed E-state index contributed by atoms with van der Waals surface area (Å²) in [7, 11) is 5.01. The van der Waals surface area contributed by atoms with Crippen molar-refractivity contribution in [2.45, 2.75) is 13.5 Å². The Balaban J connectivity index is 2.06. The molecular formula is C19H20BrN3O3. The van der Waals surface area contributed by atoms with E-state index in [1.165, 1.54) is 0 Å². The molecule has 0 saturated carbocycles. The molecule has 0 atom stereocenters. The fraction of sp³-hybridized carbons (Fsp3) is 0.263. The van der Waals surface area contributed by atoms with Crippen LogP contribution in [-0.2, 0) is 6.54 Å². The van der Waals surface area contributed by atoms with Crippen molar-refractivity contribution in [1.82, 2.24) is 9.97 Å². The monoisotopic (exact) mass is 417 g/mol. The molecule has 1 aromatic heterocycles. The number of benzene rings is 2. The van der Waals surface area contributed by atoms with Gasteiger partial charge in [0, 0.05) is 29.7 Å². The maximum Gasteiger partial charge on any atom is 0.260 e. The molecule has 6 nitrogen and oxygen atoms in total. The largest absolute Gasteiger partial charge is 0.493 e. The summed E-state index contributed by atoms with van der Waals surface area (Å²) in [6.07, 6.45) is 0. The molecule has 136 valence electrons. The quantitative estimate of drug-likeness (QED) is 0.685. The highest BCUT2D eigenvalue weighted by molar-refractivity contribution is 9.10. The predicted octanol–water partition coefficient (Wildman–Crippen LogP) is 3.65. The van der Waals surface area contributed by atoms with Crippen LogP contribution in [0.3, 0.4) is 0 Å². The summed E-state index contributed by atoms with van der Waals surface area (Å²) in [4.78, 5) is 22.1. The maximum absolute atomic E-state index is 12.7. The SMILES string of the molecule is COc1cc2nc(N(C)Cc3cccc(Br)c3)[nH]c(=O)c2c(C)c1OC. The Hall–Kier alpha value is -2.54. The van der Waals surface area contributed by atoms with Crippen molar-refractivity contribution < 1.29 is 9.47 Å². The van der Waals surface area contributed by atoms with Gasteiger partial charge in [-0.25, -0.2) is 4.98 Å².